The van der Waals surface area contributed by atoms with Crippen LogP contribution in [0.25, 0.3) is 0 Å². The smallest absolute Gasteiger partial charge is 0.262 e. The molecule has 1 amide bonds. The van der Waals surface area contributed by atoms with E-state index in [0.717, 1.165) is 16.9 Å². The standard InChI is InChI=1S/C14H15N3O2/c1-10-3-5-12(6-4-10)17-13(18)8-19-14-7-11(2)15-9-16-14/h3-7,9H,8H2,1-2H3,(H,17,18). The molecule has 1 heterocycles. The fourth-order valence-electron chi connectivity index (χ4n) is 1.48. The highest BCUT2D eigenvalue weighted by molar-refractivity contribution is 5.91. The van der Waals surface area contributed by atoms with Gasteiger partial charge < -0.3 is 10.1 Å². The molecule has 5 heteroatoms. The third kappa shape index (κ3) is 4.06. The number of nitrogens with zero attached hydrogens (tertiary/aromatic N) is 2. The van der Waals surface area contributed by atoms with E-state index in [0.29, 0.717) is 5.88 Å². The van der Waals surface area contributed by atoms with Crippen molar-refractivity contribution in [2.24, 2.45) is 0 Å². The summed E-state index contributed by atoms with van der Waals surface area (Å²) in [6.45, 7) is 3.75. The first kappa shape index (κ1) is 13.0. The third-order valence-corrected chi connectivity index (χ3v) is 2.47. The van der Waals surface area contributed by atoms with Crippen LogP contribution in [0.1, 0.15) is 11.3 Å². The lowest BCUT2D eigenvalue weighted by Gasteiger charge is -2.07. The Morgan fingerprint density at radius 3 is 2.63 bits per heavy atom. The van der Waals surface area contributed by atoms with Crippen LogP contribution < -0.4 is 10.1 Å². The molecule has 19 heavy (non-hydrogen) atoms. The Labute approximate surface area is 111 Å². The largest absolute Gasteiger partial charge is 0.467 e. The molecule has 98 valence electrons. The first-order chi connectivity index (χ1) is 9.13. The first-order valence-electron chi connectivity index (χ1n) is 5.91. The number of benzene rings is 1. The molecule has 0 aliphatic rings. The van der Waals surface area contributed by atoms with Crippen LogP contribution in [0, 0.1) is 13.8 Å². The maximum Gasteiger partial charge on any atom is 0.262 e. The average Bonchev–Trinajstić information content (AvgIpc) is 2.39. The fraction of sp³-hybridized carbons (Fsp3) is 0.214. The number of aryl methyl sites for hydroxylation is 2. The SMILES string of the molecule is Cc1ccc(NC(=O)COc2cc(C)ncn2)cc1. The summed E-state index contributed by atoms with van der Waals surface area (Å²) < 4.78 is 5.28. The van der Waals surface area contributed by atoms with Gasteiger partial charge in [0.1, 0.15) is 6.33 Å². The Morgan fingerprint density at radius 2 is 1.95 bits per heavy atom. The molecule has 1 aromatic heterocycles. The van der Waals surface area contributed by atoms with Gasteiger partial charge in [-0.15, -0.1) is 0 Å². The maximum absolute atomic E-state index is 11.7. The van der Waals surface area contributed by atoms with Crippen molar-refractivity contribution < 1.29 is 9.53 Å². The molecule has 2 rings (SSSR count). The van der Waals surface area contributed by atoms with Gasteiger partial charge in [0, 0.05) is 17.4 Å². The van der Waals surface area contributed by atoms with Crippen LogP contribution in [0.2, 0.25) is 0 Å². The number of anilines is 1. The minimum absolute atomic E-state index is 0.0790. The van der Waals surface area contributed by atoms with Gasteiger partial charge in [-0.05, 0) is 26.0 Å². The molecular weight excluding hydrogens is 242 g/mol. The zero-order chi connectivity index (χ0) is 13.7. The second kappa shape index (κ2) is 5.95. The van der Waals surface area contributed by atoms with E-state index in [1.165, 1.54) is 6.33 Å². The van der Waals surface area contributed by atoms with E-state index in [-0.39, 0.29) is 12.5 Å². The Morgan fingerprint density at radius 1 is 1.21 bits per heavy atom. The van der Waals surface area contributed by atoms with E-state index < -0.39 is 0 Å². The minimum atomic E-state index is -0.222. The van der Waals surface area contributed by atoms with Crippen molar-refractivity contribution in [2.45, 2.75) is 13.8 Å². The van der Waals surface area contributed by atoms with E-state index in [1.807, 2.05) is 38.1 Å². The van der Waals surface area contributed by atoms with Crippen LogP contribution in [-0.4, -0.2) is 22.5 Å². The number of hydrogen-bond donors (Lipinski definition) is 1. The van der Waals surface area contributed by atoms with Gasteiger partial charge in [0.25, 0.3) is 5.91 Å². The second-order valence-corrected chi connectivity index (χ2v) is 4.20. The zero-order valence-corrected chi connectivity index (χ0v) is 10.9. The molecule has 1 aromatic carbocycles. The Kier molecular flexibility index (Phi) is 4.07. The van der Waals surface area contributed by atoms with Crippen LogP contribution in [0.5, 0.6) is 5.88 Å². The second-order valence-electron chi connectivity index (χ2n) is 4.20. The van der Waals surface area contributed by atoms with Gasteiger partial charge in [-0.1, -0.05) is 17.7 Å². The summed E-state index contributed by atoms with van der Waals surface area (Å²) in [5.74, 6) is 0.173. The number of carbonyl (C=O) groups excluding carboxylic acids is 1. The van der Waals surface area contributed by atoms with Crippen LogP contribution in [0.4, 0.5) is 5.69 Å². The molecule has 0 spiro atoms. The number of carbonyl (C=O) groups is 1. The normalized spacial score (nSPS) is 10.0. The number of amides is 1. The Bertz CT molecular complexity index is 567. The highest BCUT2D eigenvalue weighted by Crippen LogP contribution is 2.09. The maximum atomic E-state index is 11.7. The van der Waals surface area contributed by atoms with E-state index in [2.05, 4.69) is 15.3 Å². The highest BCUT2D eigenvalue weighted by Gasteiger charge is 2.04. The quantitative estimate of drug-likeness (QED) is 0.911. The molecule has 0 unspecified atom stereocenters. The van der Waals surface area contributed by atoms with Gasteiger partial charge in [0.15, 0.2) is 6.61 Å². The van der Waals surface area contributed by atoms with Gasteiger partial charge in [0.05, 0.1) is 0 Å². The molecule has 0 aliphatic heterocycles. The monoisotopic (exact) mass is 257 g/mol. The highest BCUT2D eigenvalue weighted by atomic mass is 16.5. The molecule has 0 fully saturated rings. The molecule has 0 bridgehead atoms. The molecule has 0 aliphatic carbocycles. The zero-order valence-electron chi connectivity index (χ0n) is 10.9. The van der Waals surface area contributed by atoms with Crippen molar-refractivity contribution in [3.63, 3.8) is 0 Å². The molecule has 0 atom stereocenters. The Hall–Kier alpha value is -2.43. The van der Waals surface area contributed by atoms with E-state index in [4.69, 9.17) is 4.74 Å². The van der Waals surface area contributed by atoms with Crippen molar-refractivity contribution >= 4 is 11.6 Å². The average molecular weight is 257 g/mol. The van der Waals surface area contributed by atoms with Crippen LogP contribution in [-0.2, 0) is 4.79 Å². The lowest BCUT2D eigenvalue weighted by Crippen LogP contribution is -2.20. The van der Waals surface area contributed by atoms with Crippen molar-refractivity contribution in [1.82, 2.24) is 9.97 Å². The first-order valence-corrected chi connectivity index (χ1v) is 5.91. The fourth-order valence-corrected chi connectivity index (χ4v) is 1.48. The molecule has 0 saturated heterocycles. The summed E-state index contributed by atoms with van der Waals surface area (Å²) >= 11 is 0. The minimum Gasteiger partial charge on any atom is -0.467 e. The van der Waals surface area contributed by atoms with Crippen molar-refractivity contribution in [1.29, 1.82) is 0 Å². The van der Waals surface area contributed by atoms with Crippen LogP contribution in [0.15, 0.2) is 36.7 Å². The third-order valence-electron chi connectivity index (χ3n) is 2.47. The molecule has 5 nitrogen and oxygen atoms in total. The number of aromatic nitrogens is 2. The summed E-state index contributed by atoms with van der Waals surface area (Å²) in [4.78, 5) is 19.5. The van der Waals surface area contributed by atoms with Crippen LogP contribution in [0.3, 0.4) is 0 Å². The summed E-state index contributed by atoms with van der Waals surface area (Å²) in [5.41, 5.74) is 2.69. The number of ether oxygens (including phenoxy) is 1. The molecule has 0 saturated carbocycles. The topological polar surface area (TPSA) is 64.1 Å². The molecule has 0 radical (unpaired) electrons. The van der Waals surface area contributed by atoms with E-state index in [1.54, 1.807) is 6.07 Å². The van der Waals surface area contributed by atoms with Crippen molar-refractivity contribution in [3.8, 4) is 5.88 Å². The predicted octanol–water partition coefficient (Wildman–Crippen LogP) is 2.11. The van der Waals surface area contributed by atoms with Gasteiger partial charge >= 0.3 is 0 Å². The summed E-state index contributed by atoms with van der Waals surface area (Å²) in [6.07, 6.45) is 1.41. The molecule has 1 N–H and O–H groups in total. The molecule has 2 aromatic rings. The van der Waals surface area contributed by atoms with Gasteiger partial charge in [-0.2, -0.15) is 0 Å². The van der Waals surface area contributed by atoms with Crippen molar-refractivity contribution in [2.75, 3.05) is 11.9 Å². The van der Waals surface area contributed by atoms with Gasteiger partial charge in [0.2, 0.25) is 5.88 Å². The van der Waals surface area contributed by atoms with E-state index >= 15 is 0 Å². The lowest BCUT2D eigenvalue weighted by molar-refractivity contribution is -0.118. The number of nitrogens with one attached hydrogen (secondary N) is 1. The number of rotatable bonds is 4. The summed E-state index contributed by atoms with van der Waals surface area (Å²) in [5, 5.41) is 2.75. The van der Waals surface area contributed by atoms with Crippen LogP contribution >= 0.6 is 0 Å². The van der Waals surface area contributed by atoms with E-state index in [9.17, 15) is 4.79 Å². The summed E-state index contributed by atoms with van der Waals surface area (Å²) in [6, 6.07) is 9.25. The molecular formula is C14H15N3O2. The predicted molar refractivity (Wildman–Crippen MR) is 72.1 cm³/mol. The van der Waals surface area contributed by atoms with Crippen molar-refractivity contribution in [3.05, 3.63) is 47.9 Å². The van der Waals surface area contributed by atoms with Gasteiger partial charge in [-0.3, -0.25) is 4.79 Å². The van der Waals surface area contributed by atoms with Gasteiger partial charge in [-0.25, -0.2) is 9.97 Å². The number of hydrogen-bond acceptors (Lipinski definition) is 4. The lowest BCUT2D eigenvalue weighted by atomic mass is 10.2. The summed E-state index contributed by atoms with van der Waals surface area (Å²) in [7, 11) is 0. The Balaban J connectivity index is 1.86.